The number of rotatable bonds is 5. The Morgan fingerprint density at radius 1 is 1.32 bits per heavy atom. The summed E-state index contributed by atoms with van der Waals surface area (Å²) < 4.78 is 0. The van der Waals surface area contributed by atoms with Crippen molar-refractivity contribution in [1.82, 2.24) is 4.90 Å². The van der Waals surface area contributed by atoms with E-state index in [2.05, 4.69) is 47.4 Å². The van der Waals surface area contributed by atoms with Gasteiger partial charge in [-0.15, -0.1) is 0 Å². The average molecular weight is 368 g/mol. The van der Waals surface area contributed by atoms with E-state index >= 15 is 0 Å². The molecule has 0 spiro atoms. The SMILES string of the molecule is C=C1C[C@@H]2CCC(=O)N2[C@H](CCC)[C@H]1C(O)(CO)[Si](C)(C)C(C)(C)C. The molecule has 0 radical (unpaired) electrons. The first kappa shape index (κ1) is 20.7. The lowest BCUT2D eigenvalue weighted by atomic mass is 9.77. The Balaban J connectivity index is 2.54. The maximum Gasteiger partial charge on any atom is 0.223 e. The maximum atomic E-state index is 12.6. The molecule has 2 aliphatic rings. The first-order valence-corrected chi connectivity index (χ1v) is 12.7. The van der Waals surface area contributed by atoms with Crippen molar-refractivity contribution in [2.24, 2.45) is 5.92 Å². The molecule has 0 aromatic rings. The molecule has 0 saturated carbocycles. The van der Waals surface area contributed by atoms with Gasteiger partial charge in [0.1, 0.15) is 0 Å². The second kappa shape index (κ2) is 6.82. The van der Waals surface area contributed by atoms with Crippen molar-refractivity contribution in [2.45, 2.75) is 95.2 Å². The van der Waals surface area contributed by atoms with Crippen LogP contribution in [-0.4, -0.2) is 53.0 Å². The van der Waals surface area contributed by atoms with E-state index in [-0.39, 0.29) is 35.6 Å². The highest BCUT2D eigenvalue weighted by atomic mass is 28.3. The van der Waals surface area contributed by atoms with Gasteiger partial charge in [0.25, 0.3) is 0 Å². The van der Waals surface area contributed by atoms with Gasteiger partial charge in [0.15, 0.2) is 0 Å². The Labute approximate surface area is 154 Å². The van der Waals surface area contributed by atoms with Gasteiger partial charge in [0.05, 0.1) is 19.9 Å². The normalized spacial score (nSPS) is 30.4. The van der Waals surface area contributed by atoms with Crippen LogP contribution in [0.25, 0.3) is 0 Å². The Hall–Kier alpha value is -0.653. The number of piperidine rings is 1. The van der Waals surface area contributed by atoms with Crippen LogP contribution in [-0.2, 0) is 4.79 Å². The summed E-state index contributed by atoms with van der Waals surface area (Å²) in [5.41, 5.74) is 1.02. The Bertz CT molecular complexity index is 540. The number of carbonyl (C=O) groups is 1. The summed E-state index contributed by atoms with van der Waals surface area (Å²) in [7, 11) is -2.32. The van der Waals surface area contributed by atoms with Crippen molar-refractivity contribution in [3.05, 3.63) is 12.2 Å². The molecule has 0 bridgehead atoms. The summed E-state index contributed by atoms with van der Waals surface area (Å²) in [6.45, 7) is 17.0. The molecule has 0 aromatic carbocycles. The molecule has 2 fully saturated rings. The summed E-state index contributed by atoms with van der Waals surface area (Å²) in [6.07, 6.45) is 4.05. The third kappa shape index (κ3) is 3.13. The van der Waals surface area contributed by atoms with Gasteiger partial charge in [0, 0.05) is 24.4 Å². The van der Waals surface area contributed by atoms with Crippen LogP contribution in [0.4, 0.5) is 0 Å². The van der Waals surface area contributed by atoms with Crippen LogP contribution in [0, 0.1) is 5.92 Å². The third-order valence-electron chi connectivity index (χ3n) is 7.35. The van der Waals surface area contributed by atoms with Crippen LogP contribution in [0.2, 0.25) is 18.1 Å². The lowest BCUT2D eigenvalue weighted by Gasteiger charge is -2.57. The molecule has 1 unspecified atom stereocenters. The molecule has 0 aliphatic carbocycles. The number of carbonyl (C=O) groups excluding carboxylic acids is 1. The predicted molar refractivity (Wildman–Crippen MR) is 105 cm³/mol. The van der Waals surface area contributed by atoms with Crippen LogP contribution in [0.5, 0.6) is 0 Å². The second-order valence-electron chi connectivity index (χ2n) is 9.65. The van der Waals surface area contributed by atoms with Gasteiger partial charge in [-0.2, -0.15) is 0 Å². The summed E-state index contributed by atoms with van der Waals surface area (Å²) in [6, 6.07) is 0.188. The quantitative estimate of drug-likeness (QED) is 0.577. The Morgan fingerprint density at radius 2 is 1.92 bits per heavy atom. The standard InChI is InChI=1S/C20H37NO3Si/c1-8-9-16-18(14(2)12-15-10-11-17(23)21(15)16)20(24,13-22)25(6,7)19(3,4)5/h15-16,18,22,24H,2,8-13H2,1,3-7H3/t15-,16+,18-,20?/m0/s1. The molecule has 144 valence electrons. The molecule has 2 aliphatic heterocycles. The van der Waals surface area contributed by atoms with E-state index in [1.165, 1.54) is 0 Å². The molecule has 4 nitrogen and oxygen atoms in total. The zero-order chi connectivity index (χ0) is 19.2. The molecule has 5 heteroatoms. The van der Waals surface area contributed by atoms with E-state index in [1.54, 1.807) is 0 Å². The van der Waals surface area contributed by atoms with E-state index in [9.17, 15) is 15.0 Å². The molecule has 25 heavy (non-hydrogen) atoms. The molecule has 2 rings (SSSR count). The van der Waals surface area contributed by atoms with Gasteiger partial charge in [-0.25, -0.2) is 0 Å². The predicted octanol–water partition coefficient (Wildman–Crippen LogP) is 3.49. The summed E-state index contributed by atoms with van der Waals surface area (Å²) >= 11 is 0. The van der Waals surface area contributed by atoms with Crippen LogP contribution < -0.4 is 0 Å². The minimum atomic E-state index is -2.32. The number of hydrogen-bond donors (Lipinski definition) is 2. The van der Waals surface area contributed by atoms with E-state index in [0.717, 1.165) is 31.3 Å². The Kier molecular flexibility index (Phi) is 5.63. The zero-order valence-electron chi connectivity index (χ0n) is 16.9. The molecule has 1 amide bonds. The minimum Gasteiger partial charge on any atom is -0.394 e. The first-order valence-electron chi connectivity index (χ1n) is 9.74. The average Bonchev–Trinajstić information content (AvgIpc) is 2.86. The van der Waals surface area contributed by atoms with Gasteiger partial charge < -0.3 is 15.1 Å². The Morgan fingerprint density at radius 3 is 2.40 bits per heavy atom. The topological polar surface area (TPSA) is 60.8 Å². The van der Waals surface area contributed by atoms with Crippen molar-refractivity contribution in [2.75, 3.05) is 6.61 Å². The molecule has 2 N–H and O–H groups in total. The second-order valence-corrected chi connectivity index (χ2v) is 15.3. The number of aliphatic hydroxyl groups is 2. The third-order valence-corrected chi connectivity index (χ3v) is 13.7. The highest BCUT2D eigenvalue weighted by Crippen LogP contribution is 2.52. The smallest absolute Gasteiger partial charge is 0.223 e. The summed E-state index contributed by atoms with van der Waals surface area (Å²) in [5, 5.41) is 21.0. The van der Waals surface area contributed by atoms with Gasteiger partial charge in [-0.05, 0) is 24.3 Å². The van der Waals surface area contributed by atoms with Crippen molar-refractivity contribution < 1.29 is 15.0 Å². The molecular formula is C20H37NO3Si. The van der Waals surface area contributed by atoms with Crippen molar-refractivity contribution in [3.63, 3.8) is 0 Å². The van der Waals surface area contributed by atoms with E-state index in [0.29, 0.717) is 6.42 Å². The van der Waals surface area contributed by atoms with E-state index in [1.807, 2.05) is 4.90 Å². The fraction of sp³-hybridized carbons (Fsp3) is 0.850. The van der Waals surface area contributed by atoms with Crippen LogP contribution in [0.15, 0.2) is 12.2 Å². The number of aliphatic hydroxyl groups excluding tert-OH is 1. The fourth-order valence-corrected chi connectivity index (χ4v) is 7.74. The van der Waals surface area contributed by atoms with Crippen molar-refractivity contribution in [3.8, 4) is 0 Å². The fourth-order valence-electron chi connectivity index (χ4n) is 4.87. The number of nitrogens with zero attached hydrogens (tertiary/aromatic N) is 1. The molecule has 4 atom stereocenters. The van der Waals surface area contributed by atoms with E-state index in [4.69, 9.17) is 0 Å². The minimum absolute atomic E-state index is 0.0440. The first-order chi connectivity index (χ1) is 11.4. The number of fused-ring (bicyclic) bond motifs is 1. The molecule has 0 aromatic heterocycles. The van der Waals surface area contributed by atoms with Crippen LogP contribution in [0.1, 0.15) is 59.8 Å². The molecule has 2 saturated heterocycles. The van der Waals surface area contributed by atoms with Gasteiger partial charge in [0.2, 0.25) is 5.91 Å². The molecular weight excluding hydrogens is 330 g/mol. The largest absolute Gasteiger partial charge is 0.394 e. The zero-order valence-corrected chi connectivity index (χ0v) is 17.9. The maximum absolute atomic E-state index is 12.6. The van der Waals surface area contributed by atoms with Gasteiger partial charge in [-0.1, -0.05) is 59.4 Å². The lowest BCUT2D eigenvalue weighted by molar-refractivity contribution is -0.136. The monoisotopic (exact) mass is 367 g/mol. The number of amides is 1. The van der Waals surface area contributed by atoms with E-state index < -0.39 is 13.3 Å². The molecule has 2 heterocycles. The summed E-state index contributed by atoms with van der Waals surface area (Å²) in [5.74, 6) is -0.0342. The van der Waals surface area contributed by atoms with Crippen molar-refractivity contribution >= 4 is 14.0 Å². The van der Waals surface area contributed by atoms with Crippen LogP contribution in [0.3, 0.4) is 0 Å². The van der Waals surface area contributed by atoms with Crippen LogP contribution >= 0.6 is 0 Å². The van der Waals surface area contributed by atoms with Gasteiger partial charge in [-0.3, -0.25) is 4.79 Å². The highest BCUT2D eigenvalue weighted by Gasteiger charge is 2.61. The summed E-state index contributed by atoms with van der Waals surface area (Å²) in [4.78, 5) is 14.6. The van der Waals surface area contributed by atoms with Gasteiger partial charge >= 0.3 is 0 Å². The number of hydrogen-bond acceptors (Lipinski definition) is 3. The lowest BCUT2D eigenvalue weighted by Crippen LogP contribution is -2.70. The highest BCUT2D eigenvalue weighted by molar-refractivity contribution is 6.83. The van der Waals surface area contributed by atoms with Crippen molar-refractivity contribution in [1.29, 1.82) is 0 Å².